The average Bonchev–Trinajstić information content (AvgIpc) is 3.59. The second kappa shape index (κ2) is 12.5. The number of non-ortho nitro benzene ring substituents is 1. The summed E-state index contributed by atoms with van der Waals surface area (Å²) < 4.78 is 30.0. The molecule has 1 aliphatic rings. The lowest BCUT2D eigenvalue weighted by atomic mass is 9.95. The van der Waals surface area contributed by atoms with Gasteiger partial charge in [-0.2, -0.15) is 0 Å². The van der Waals surface area contributed by atoms with Crippen molar-refractivity contribution in [3.63, 3.8) is 0 Å². The highest BCUT2D eigenvalue weighted by Crippen LogP contribution is 2.41. The number of hydrogen-bond acceptors (Lipinski definition) is 11. The maximum absolute atomic E-state index is 14.0. The van der Waals surface area contributed by atoms with Crippen molar-refractivity contribution in [2.75, 3.05) is 27.9 Å². The van der Waals surface area contributed by atoms with Gasteiger partial charge in [-0.1, -0.05) is 27.3 Å². The Morgan fingerprint density at radius 2 is 1.82 bits per heavy atom. The number of ether oxygens (including phenoxy) is 4. The van der Waals surface area contributed by atoms with E-state index in [0.29, 0.717) is 54.9 Å². The van der Waals surface area contributed by atoms with Gasteiger partial charge in [0.25, 0.3) is 11.2 Å². The number of nitro groups is 1. The Bertz CT molecular complexity index is 2010. The van der Waals surface area contributed by atoms with Gasteiger partial charge in [-0.15, -0.1) is 0 Å². The van der Waals surface area contributed by atoms with Crippen LogP contribution < -0.4 is 29.1 Å². The molecule has 0 amide bonds. The number of thiazole rings is 1. The minimum Gasteiger partial charge on any atom is -0.496 e. The van der Waals surface area contributed by atoms with Crippen LogP contribution in [0.25, 0.3) is 17.4 Å². The number of esters is 1. The summed E-state index contributed by atoms with van der Waals surface area (Å²) in [6.07, 6.45) is 1.56. The number of benzene rings is 2. The van der Waals surface area contributed by atoms with E-state index in [0.717, 1.165) is 11.3 Å². The molecule has 5 rings (SSSR count). The van der Waals surface area contributed by atoms with Gasteiger partial charge in [-0.3, -0.25) is 19.5 Å². The number of nitrogens with zero attached hydrogens (tertiary/aromatic N) is 3. The topological polar surface area (TPSA) is 145 Å². The number of methoxy groups -OCH3 is 3. The Balaban J connectivity index is 1.68. The number of aromatic nitrogens is 1. The van der Waals surface area contributed by atoms with Crippen LogP contribution in [0.15, 0.2) is 72.4 Å². The fourth-order valence-electron chi connectivity index (χ4n) is 4.87. The summed E-state index contributed by atoms with van der Waals surface area (Å²) in [5.74, 6) is 1.30. The van der Waals surface area contributed by atoms with Gasteiger partial charge in [-0.05, 0) is 49.7 Å². The molecule has 44 heavy (non-hydrogen) atoms. The quantitative estimate of drug-likeness (QED) is 0.139. The third-order valence-electron chi connectivity index (χ3n) is 6.87. The molecule has 0 unspecified atom stereocenters. The van der Waals surface area contributed by atoms with E-state index in [1.165, 1.54) is 44.1 Å². The van der Waals surface area contributed by atoms with Crippen molar-refractivity contribution in [2.45, 2.75) is 19.9 Å². The molecule has 1 aliphatic heterocycles. The maximum Gasteiger partial charge on any atom is 0.338 e. The number of allylic oxidation sites excluding steroid dienone is 1. The molecule has 2 aromatic carbocycles. The highest BCUT2D eigenvalue weighted by atomic mass is 79.9. The molecule has 0 saturated heterocycles. The van der Waals surface area contributed by atoms with Crippen LogP contribution in [0.5, 0.6) is 17.2 Å². The standard InChI is InChI=1S/C30H26BrN3O9S/c1-6-42-29(36)26-15(2)32-30-33(27(26)18-13-23(40-4)24(41-5)14-20(18)31)28(35)25(44-30)12-17-8-10-22(43-17)19-11-16(34(37)38)7-9-21(19)39-3/h7-14,27H,6H2,1-5H3/b25-12-/t27-/m0/s1. The van der Waals surface area contributed by atoms with E-state index in [9.17, 15) is 19.7 Å². The molecule has 0 saturated carbocycles. The van der Waals surface area contributed by atoms with E-state index >= 15 is 0 Å². The summed E-state index contributed by atoms with van der Waals surface area (Å²) in [5, 5.41) is 11.3. The Kier molecular flexibility index (Phi) is 8.74. The third-order valence-corrected chi connectivity index (χ3v) is 8.54. The molecular weight excluding hydrogens is 658 g/mol. The molecule has 0 spiro atoms. The molecule has 1 atom stereocenters. The van der Waals surface area contributed by atoms with Gasteiger partial charge in [-0.25, -0.2) is 9.79 Å². The lowest BCUT2D eigenvalue weighted by Crippen LogP contribution is -2.40. The summed E-state index contributed by atoms with van der Waals surface area (Å²) in [4.78, 5) is 43.1. The first-order valence-corrected chi connectivity index (χ1v) is 14.8. The van der Waals surface area contributed by atoms with Gasteiger partial charge >= 0.3 is 5.97 Å². The van der Waals surface area contributed by atoms with E-state index in [2.05, 4.69) is 20.9 Å². The zero-order valence-electron chi connectivity index (χ0n) is 24.2. The smallest absolute Gasteiger partial charge is 0.338 e. The van der Waals surface area contributed by atoms with E-state index in [-0.39, 0.29) is 22.4 Å². The predicted octanol–water partition coefficient (Wildman–Crippen LogP) is 4.75. The van der Waals surface area contributed by atoms with Crippen molar-refractivity contribution in [2.24, 2.45) is 4.99 Å². The van der Waals surface area contributed by atoms with E-state index in [4.69, 9.17) is 23.4 Å². The first-order chi connectivity index (χ1) is 21.1. The van der Waals surface area contributed by atoms with Crippen LogP contribution in [0.1, 0.15) is 31.2 Å². The van der Waals surface area contributed by atoms with Gasteiger partial charge in [0.05, 0.1) is 60.3 Å². The van der Waals surface area contributed by atoms with E-state index in [1.54, 1.807) is 44.2 Å². The Morgan fingerprint density at radius 3 is 2.48 bits per heavy atom. The number of furan rings is 1. The van der Waals surface area contributed by atoms with Gasteiger partial charge in [0.2, 0.25) is 0 Å². The van der Waals surface area contributed by atoms with E-state index in [1.807, 2.05) is 0 Å². The molecule has 2 aromatic heterocycles. The highest BCUT2D eigenvalue weighted by Gasteiger charge is 2.35. The second-order valence-electron chi connectivity index (χ2n) is 9.37. The average molecular weight is 685 g/mol. The molecule has 0 fully saturated rings. The Morgan fingerprint density at radius 1 is 1.11 bits per heavy atom. The lowest BCUT2D eigenvalue weighted by molar-refractivity contribution is -0.384. The van der Waals surface area contributed by atoms with Gasteiger partial charge in [0.15, 0.2) is 16.3 Å². The van der Waals surface area contributed by atoms with Gasteiger partial charge in [0, 0.05) is 22.7 Å². The summed E-state index contributed by atoms with van der Waals surface area (Å²) in [7, 11) is 4.46. The largest absolute Gasteiger partial charge is 0.496 e. The zero-order valence-corrected chi connectivity index (χ0v) is 26.6. The van der Waals surface area contributed by atoms with Crippen molar-refractivity contribution in [3.05, 3.63) is 99.3 Å². The molecule has 228 valence electrons. The molecule has 12 nitrogen and oxygen atoms in total. The van der Waals surface area contributed by atoms with Crippen LogP contribution in [0.2, 0.25) is 0 Å². The van der Waals surface area contributed by atoms with Crippen molar-refractivity contribution in [1.82, 2.24) is 4.57 Å². The Hall–Kier alpha value is -4.69. The predicted molar refractivity (Wildman–Crippen MR) is 165 cm³/mol. The summed E-state index contributed by atoms with van der Waals surface area (Å²) in [5.41, 5.74) is 1.01. The minimum atomic E-state index is -0.900. The van der Waals surface area contributed by atoms with Gasteiger partial charge in [0.1, 0.15) is 17.3 Å². The summed E-state index contributed by atoms with van der Waals surface area (Å²) in [6.45, 7) is 3.53. The number of carbonyl (C=O) groups excluding carboxylic acids is 1. The Labute approximate surface area is 262 Å². The van der Waals surface area contributed by atoms with Crippen LogP contribution in [-0.4, -0.2) is 43.4 Å². The molecule has 0 radical (unpaired) electrons. The van der Waals surface area contributed by atoms with Crippen LogP contribution in [0.3, 0.4) is 0 Å². The molecule has 0 aliphatic carbocycles. The molecule has 0 N–H and O–H groups in total. The van der Waals surface area contributed by atoms with Crippen molar-refractivity contribution < 1.29 is 33.1 Å². The summed E-state index contributed by atoms with van der Waals surface area (Å²) in [6, 6.07) is 9.97. The first kappa shape index (κ1) is 30.8. The van der Waals surface area contributed by atoms with Gasteiger partial charge < -0.3 is 23.4 Å². The maximum atomic E-state index is 14.0. The number of carbonyl (C=O) groups is 1. The normalized spacial score (nSPS) is 14.6. The second-order valence-corrected chi connectivity index (χ2v) is 11.2. The monoisotopic (exact) mass is 683 g/mol. The molecule has 0 bridgehead atoms. The molecular formula is C30H26BrN3O9S. The summed E-state index contributed by atoms with van der Waals surface area (Å²) >= 11 is 4.71. The van der Waals surface area contributed by atoms with Crippen LogP contribution in [0.4, 0.5) is 5.69 Å². The third kappa shape index (κ3) is 5.53. The van der Waals surface area contributed by atoms with Crippen LogP contribution in [0, 0.1) is 10.1 Å². The zero-order chi connectivity index (χ0) is 31.7. The molecule has 4 aromatic rings. The number of halogens is 1. The fourth-order valence-corrected chi connectivity index (χ4v) is 6.44. The molecule has 14 heteroatoms. The van der Waals surface area contributed by atoms with Crippen LogP contribution in [-0.2, 0) is 9.53 Å². The number of fused-ring (bicyclic) bond motifs is 1. The van der Waals surface area contributed by atoms with Crippen molar-refractivity contribution in [1.29, 1.82) is 0 Å². The highest BCUT2D eigenvalue weighted by molar-refractivity contribution is 9.10. The minimum absolute atomic E-state index is 0.124. The van der Waals surface area contributed by atoms with Crippen molar-refractivity contribution in [3.8, 4) is 28.6 Å². The number of rotatable bonds is 9. The fraction of sp³-hybridized carbons (Fsp3) is 0.233. The van der Waals surface area contributed by atoms with Crippen LogP contribution >= 0.6 is 27.3 Å². The number of hydrogen-bond donors (Lipinski definition) is 0. The van der Waals surface area contributed by atoms with Crippen molar-refractivity contribution >= 4 is 45.0 Å². The lowest BCUT2D eigenvalue weighted by Gasteiger charge is -2.26. The van der Waals surface area contributed by atoms with E-state index < -0.39 is 22.5 Å². The first-order valence-electron chi connectivity index (χ1n) is 13.2. The number of nitro benzene ring substituents is 1. The molecule has 3 heterocycles. The SMILES string of the molecule is CCOC(=O)C1=C(C)N=c2s/c(=C\c3ccc(-c4cc([N+](=O)[O-])ccc4OC)o3)c(=O)n2[C@H]1c1cc(OC)c(OC)cc1Br.